The third-order valence-electron chi connectivity index (χ3n) is 4.82. The average molecular weight is 224 g/mol. The van der Waals surface area contributed by atoms with Crippen molar-refractivity contribution in [2.24, 2.45) is 23.7 Å². The maximum atomic E-state index is 2.51. The van der Waals surface area contributed by atoms with Crippen LogP contribution < -0.4 is 0 Å². The van der Waals surface area contributed by atoms with Crippen molar-refractivity contribution in [1.82, 2.24) is 0 Å². The van der Waals surface area contributed by atoms with E-state index < -0.39 is 0 Å². The van der Waals surface area contributed by atoms with E-state index in [2.05, 4.69) is 27.7 Å². The molecule has 1 rings (SSSR count). The fourth-order valence-corrected chi connectivity index (χ4v) is 3.94. The molecule has 0 aromatic carbocycles. The van der Waals surface area contributed by atoms with Crippen molar-refractivity contribution >= 4 is 0 Å². The summed E-state index contributed by atoms with van der Waals surface area (Å²) in [4.78, 5) is 0. The Morgan fingerprint density at radius 1 is 0.812 bits per heavy atom. The van der Waals surface area contributed by atoms with Crippen LogP contribution in [0.3, 0.4) is 0 Å². The molecule has 96 valence electrons. The highest BCUT2D eigenvalue weighted by molar-refractivity contribution is 4.82. The summed E-state index contributed by atoms with van der Waals surface area (Å²) in [6.07, 6.45) is 11.6. The molecule has 1 fully saturated rings. The Morgan fingerprint density at radius 2 is 1.19 bits per heavy atom. The van der Waals surface area contributed by atoms with Crippen molar-refractivity contribution in [3.8, 4) is 0 Å². The normalized spacial score (nSPS) is 30.0. The van der Waals surface area contributed by atoms with Gasteiger partial charge in [0.05, 0.1) is 0 Å². The molecule has 0 aliphatic heterocycles. The van der Waals surface area contributed by atoms with Crippen LogP contribution >= 0.6 is 0 Å². The Balaban J connectivity index is 2.55. The Labute approximate surface area is 103 Å². The van der Waals surface area contributed by atoms with Gasteiger partial charge < -0.3 is 0 Å². The first-order valence-electron chi connectivity index (χ1n) is 7.70. The molecule has 0 N–H and O–H groups in total. The third-order valence-corrected chi connectivity index (χ3v) is 4.82. The van der Waals surface area contributed by atoms with Crippen LogP contribution in [0.15, 0.2) is 0 Å². The summed E-state index contributed by atoms with van der Waals surface area (Å²) in [6.45, 7) is 9.68. The van der Waals surface area contributed by atoms with Crippen molar-refractivity contribution in [3.05, 3.63) is 0 Å². The molecule has 0 heterocycles. The van der Waals surface area contributed by atoms with Gasteiger partial charge in [0.1, 0.15) is 0 Å². The van der Waals surface area contributed by atoms with Crippen LogP contribution in [0.2, 0.25) is 0 Å². The molecule has 16 heavy (non-hydrogen) atoms. The lowest BCUT2D eigenvalue weighted by Gasteiger charge is -2.39. The minimum atomic E-state index is 0.967. The van der Waals surface area contributed by atoms with Gasteiger partial charge in [0, 0.05) is 0 Å². The zero-order chi connectivity index (χ0) is 12.0. The lowest BCUT2D eigenvalue weighted by atomic mass is 9.66. The predicted molar refractivity (Wildman–Crippen MR) is 73.6 cm³/mol. The molecule has 0 aromatic rings. The van der Waals surface area contributed by atoms with Crippen molar-refractivity contribution in [2.75, 3.05) is 0 Å². The lowest BCUT2D eigenvalue weighted by molar-refractivity contribution is 0.111. The van der Waals surface area contributed by atoms with Crippen LogP contribution in [-0.2, 0) is 0 Å². The molecule has 0 saturated heterocycles. The minimum Gasteiger partial charge on any atom is -0.0654 e. The fraction of sp³-hybridized carbons (Fsp3) is 1.00. The van der Waals surface area contributed by atoms with Gasteiger partial charge in [-0.15, -0.1) is 0 Å². The first-order chi connectivity index (χ1) is 7.70. The molecule has 1 saturated carbocycles. The van der Waals surface area contributed by atoms with Gasteiger partial charge in [-0.3, -0.25) is 0 Å². The van der Waals surface area contributed by atoms with E-state index in [-0.39, 0.29) is 0 Å². The maximum Gasteiger partial charge on any atom is -0.0358 e. The highest BCUT2D eigenvalue weighted by atomic mass is 14.4. The van der Waals surface area contributed by atoms with Gasteiger partial charge in [-0.05, 0) is 36.5 Å². The van der Waals surface area contributed by atoms with Crippen LogP contribution in [0, 0.1) is 23.7 Å². The third kappa shape index (κ3) is 3.79. The van der Waals surface area contributed by atoms with E-state index in [4.69, 9.17) is 0 Å². The summed E-state index contributed by atoms with van der Waals surface area (Å²) in [5, 5.41) is 0. The van der Waals surface area contributed by atoms with Crippen LogP contribution in [0.4, 0.5) is 0 Å². The molecular formula is C16H32. The van der Waals surface area contributed by atoms with E-state index in [0.717, 1.165) is 23.7 Å². The highest BCUT2D eigenvalue weighted by Crippen LogP contribution is 2.41. The summed E-state index contributed by atoms with van der Waals surface area (Å²) < 4.78 is 0. The smallest absolute Gasteiger partial charge is 0.0358 e. The molecule has 0 heteroatoms. The molecule has 0 amide bonds. The van der Waals surface area contributed by atoms with E-state index in [1.165, 1.54) is 51.4 Å². The summed E-state index contributed by atoms with van der Waals surface area (Å²) in [5.41, 5.74) is 0. The molecule has 0 bridgehead atoms. The van der Waals surface area contributed by atoms with Gasteiger partial charge in [-0.2, -0.15) is 0 Å². The van der Waals surface area contributed by atoms with Crippen molar-refractivity contribution in [3.63, 3.8) is 0 Å². The Hall–Kier alpha value is 0. The van der Waals surface area contributed by atoms with Gasteiger partial charge in [0.25, 0.3) is 0 Å². The molecule has 4 atom stereocenters. The van der Waals surface area contributed by atoms with Gasteiger partial charge in [0.15, 0.2) is 0 Å². The van der Waals surface area contributed by atoms with Crippen LogP contribution in [0.25, 0.3) is 0 Å². The molecule has 0 aromatic heterocycles. The number of hydrogen-bond donors (Lipinski definition) is 0. The highest BCUT2D eigenvalue weighted by Gasteiger charge is 2.31. The Bertz CT molecular complexity index is 153. The average Bonchev–Trinajstić information content (AvgIpc) is 2.30. The number of hydrogen-bond acceptors (Lipinski definition) is 0. The SMILES string of the molecule is CCCC(C)C1CCCCC1C(C)CCC. The Kier molecular flexibility index (Phi) is 6.46. The molecule has 0 radical (unpaired) electrons. The second-order valence-electron chi connectivity index (χ2n) is 6.14. The quantitative estimate of drug-likeness (QED) is 0.545. The van der Waals surface area contributed by atoms with Gasteiger partial charge in [0.2, 0.25) is 0 Å². The van der Waals surface area contributed by atoms with E-state index in [1.54, 1.807) is 0 Å². The first kappa shape index (κ1) is 14.1. The molecule has 0 nitrogen and oxygen atoms in total. The van der Waals surface area contributed by atoms with Crippen molar-refractivity contribution in [2.45, 2.75) is 79.1 Å². The molecule has 0 spiro atoms. The van der Waals surface area contributed by atoms with Crippen LogP contribution in [0.5, 0.6) is 0 Å². The maximum absolute atomic E-state index is 2.51. The first-order valence-corrected chi connectivity index (χ1v) is 7.70. The number of rotatable bonds is 6. The van der Waals surface area contributed by atoms with E-state index in [1.807, 2.05) is 0 Å². The van der Waals surface area contributed by atoms with Crippen molar-refractivity contribution in [1.29, 1.82) is 0 Å². The van der Waals surface area contributed by atoms with E-state index in [9.17, 15) is 0 Å². The predicted octanol–water partition coefficient (Wildman–Crippen LogP) is 5.67. The lowest BCUT2D eigenvalue weighted by Crippen LogP contribution is -2.30. The zero-order valence-electron chi connectivity index (χ0n) is 12.0. The molecule has 4 unspecified atom stereocenters. The summed E-state index contributed by atoms with van der Waals surface area (Å²) >= 11 is 0. The largest absolute Gasteiger partial charge is 0.0654 e. The minimum absolute atomic E-state index is 0.967. The summed E-state index contributed by atoms with van der Waals surface area (Å²) in [5.74, 6) is 4.01. The van der Waals surface area contributed by atoms with Gasteiger partial charge in [-0.25, -0.2) is 0 Å². The summed E-state index contributed by atoms with van der Waals surface area (Å²) in [6, 6.07) is 0. The molecular weight excluding hydrogens is 192 g/mol. The Morgan fingerprint density at radius 3 is 1.50 bits per heavy atom. The monoisotopic (exact) mass is 224 g/mol. The van der Waals surface area contributed by atoms with Crippen molar-refractivity contribution < 1.29 is 0 Å². The van der Waals surface area contributed by atoms with Crippen LogP contribution in [-0.4, -0.2) is 0 Å². The second kappa shape index (κ2) is 7.35. The fourth-order valence-electron chi connectivity index (χ4n) is 3.94. The van der Waals surface area contributed by atoms with Gasteiger partial charge >= 0.3 is 0 Å². The summed E-state index contributed by atoms with van der Waals surface area (Å²) in [7, 11) is 0. The standard InChI is InChI=1S/C16H32/c1-5-9-13(3)15-11-7-8-12-16(15)14(4)10-6-2/h13-16H,5-12H2,1-4H3. The topological polar surface area (TPSA) is 0 Å². The van der Waals surface area contributed by atoms with Gasteiger partial charge in [-0.1, -0.05) is 66.2 Å². The second-order valence-corrected chi connectivity index (χ2v) is 6.14. The molecule has 1 aliphatic carbocycles. The van der Waals surface area contributed by atoms with E-state index >= 15 is 0 Å². The van der Waals surface area contributed by atoms with E-state index in [0.29, 0.717) is 0 Å². The molecule has 1 aliphatic rings. The zero-order valence-corrected chi connectivity index (χ0v) is 12.0. The van der Waals surface area contributed by atoms with Crippen LogP contribution in [0.1, 0.15) is 79.1 Å².